The Morgan fingerprint density at radius 1 is 1.21 bits per heavy atom. The van der Waals surface area contributed by atoms with Gasteiger partial charge in [-0.05, 0) is 62.0 Å². The summed E-state index contributed by atoms with van der Waals surface area (Å²) in [6, 6.07) is 13.6. The molecule has 0 radical (unpaired) electrons. The number of hydrogen-bond acceptors (Lipinski definition) is 3. The fourth-order valence-corrected chi connectivity index (χ4v) is 2.67. The van der Waals surface area contributed by atoms with E-state index in [2.05, 4.69) is 26.6 Å². The van der Waals surface area contributed by atoms with Crippen LogP contribution in [-0.2, 0) is 0 Å². The predicted octanol–water partition coefficient (Wildman–Crippen LogP) is 4.52. The number of para-hydroxylation sites is 2. The molecule has 0 aliphatic heterocycles. The molecule has 6 heteroatoms. The van der Waals surface area contributed by atoms with Gasteiger partial charge in [-0.2, -0.15) is 0 Å². The molecule has 0 aliphatic carbocycles. The van der Waals surface area contributed by atoms with Crippen molar-refractivity contribution in [3.8, 4) is 11.5 Å². The molecule has 0 saturated heterocycles. The van der Waals surface area contributed by atoms with Crippen LogP contribution in [0.4, 0.5) is 5.69 Å². The second kappa shape index (κ2) is 8.89. The number of nitrogens with one attached hydrogen (secondary N) is 2. The van der Waals surface area contributed by atoms with Crippen molar-refractivity contribution >= 4 is 38.9 Å². The zero-order chi connectivity index (χ0) is 17.5. The van der Waals surface area contributed by atoms with Crippen LogP contribution in [0.25, 0.3) is 0 Å². The molecule has 0 spiro atoms. The molecule has 0 aromatic heterocycles. The van der Waals surface area contributed by atoms with Crippen LogP contribution in [0, 0.1) is 6.92 Å². The molecule has 2 aromatic rings. The Labute approximate surface area is 156 Å². The van der Waals surface area contributed by atoms with Gasteiger partial charge >= 0.3 is 0 Å². The number of ether oxygens (including phenoxy) is 2. The smallest absolute Gasteiger partial charge is 0.171 e. The lowest BCUT2D eigenvalue weighted by Gasteiger charge is -2.18. The summed E-state index contributed by atoms with van der Waals surface area (Å²) < 4.78 is 12.1. The topological polar surface area (TPSA) is 42.5 Å². The number of aryl methyl sites for hydroxylation is 1. The lowest BCUT2D eigenvalue weighted by molar-refractivity contribution is 0.270. The molecular weight excluding hydrogens is 388 g/mol. The second-order valence-electron chi connectivity index (χ2n) is 5.43. The van der Waals surface area contributed by atoms with Crippen LogP contribution in [0.2, 0.25) is 0 Å². The zero-order valence-corrected chi connectivity index (χ0v) is 16.3. The Bertz CT molecular complexity index is 709. The van der Waals surface area contributed by atoms with E-state index in [1.807, 2.05) is 56.3 Å². The third-order valence-electron chi connectivity index (χ3n) is 3.35. The van der Waals surface area contributed by atoms with E-state index < -0.39 is 0 Å². The van der Waals surface area contributed by atoms with Gasteiger partial charge in [-0.3, -0.25) is 0 Å². The summed E-state index contributed by atoms with van der Waals surface area (Å²) >= 11 is 8.84. The van der Waals surface area contributed by atoms with Crippen molar-refractivity contribution < 1.29 is 9.47 Å². The first-order chi connectivity index (χ1) is 11.5. The zero-order valence-electron chi connectivity index (χ0n) is 13.9. The van der Waals surface area contributed by atoms with Crippen molar-refractivity contribution in [1.29, 1.82) is 0 Å². The van der Waals surface area contributed by atoms with Crippen LogP contribution in [0.3, 0.4) is 0 Å². The third kappa shape index (κ3) is 5.39. The van der Waals surface area contributed by atoms with Gasteiger partial charge in [-0.1, -0.05) is 28.1 Å². The molecule has 24 heavy (non-hydrogen) atoms. The number of methoxy groups -OCH3 is 1. The highest BCUT2D eigenvalue weighted by molar-refractivity contribution is 9.10. The monoisotopic (exact) mass is 408 g/mol. The van der Waals surface area contributed by atoms with Gasteiger partial charge in [0, 0.05) is 10.2 Å². The summed E-state index contributed by atoms with van der Waals surface area (Å²) in [5.41, 5.74) is 2.10. The average Bonchev–Trinajstić information content (AvgIpc) is 2.56. The Hall–Kier alpha value is -1.79. The maximum Gasteiger partial charge on any atom is 0.171 e. The highest BCUT2D eigenvalue weighted by Gasteiger charge is 2.08. The van der Waals surface area contributed by atoms with Crippen LogP contribution in [0.1, 0.15) is 12.5 Å². The lowest BCUT2D eigenvalue weighted by atomic mass is 10.2. The van der Waals surface area contributed by atoms with Crippen molar-refractivity contribution in [2.24, 2.45) is 0 Å². The second-order valence-corrected chi connectivity index (χ2v) is 6.69. The molecule has 0 aliphatic rings. The maximum absolute atomic E-state index is 5.79. The summed E-state index contributed by atoms with van der Waals surface area (Å²) in [7, 11) is 1.63. The first-order valence-electron chi connectivity index (χ1n) is 7.59. The van der Waals surface area contributed by atoms with Gasteiger partial charge in [0.05, 0.1) is 13.2 Å². The van der Waals surface area contributed by atoms with Gasteiger partial charge < -0.3 is 20.1 Å². The van der Waals surface area contributed by atoms with Gasteiger partial charge in [-0.25, -0.2) is 0 Å². The van der Waals surface area contributed by atoms with Crippen molar-refractivity contribution in [3.05, 3.63) is 52.5 Å². The van der Waals surface area contributed by atoms with E-state index in [0.717, 1.165) is 27.2 Å². The molecule has 0 bridgehead atoms. The maximum atomic E-state index is 5.79. The minimum atomic E-state index is 0.0476. The Balaban J connectivity index is 1.84. The van der Waals surface area contributed by atoms with Gasteiger partial charge in [0.15, 0.2) is 16.6 Å². The van der Waals surface area contributed by atoms with E-state index in [1.165, 1.54) is 0 Å². The summed E-state index contributed by atoms with van der Waals surface area (Å²) in [6.07, 6.45) is 0. The summed E-state index contributed by atoms with van der Waals surface area (Å²) in [6.45, 7) is 4.52. The largest absolute Gasteiger partial charge is 0.493 e. The first-order valence-corrected chi connectivity index (χ1v) is 8.79. The third-order valence-corrected chi connectivity index (χ3v) is 4.46. The van der Waals surface area contributed by atoms with Crippen LogP contribution in [0.5, 0.6) is 11.5 Å². The summed E-state index contributed by atoms with van der Waals surface area (Å²) in [4.78, 5) is 0. The number of thiocarbonyl (C=S) groups is 1. The van der Waals surface area contributed by atoms with Crippen molar-refractivity contribution in [1.82, 2.24) is 5.32 Å². The van der Waals surface area contributed by atoms with Gasteiger partial charge in [0.25, 0.3) is 0 Å². The van der Waals surface area contributed by atoms with E-state index in [0.29, 0.717) is 11.7 Å². The van der Waals surface area contributed by atoms with Crippen molar-refractivity contribution in [2.45, 2.75) is 19.9 Å². The predicted molar refractivity (Wildman–Crippen MR) is 106 cm³/mol. The minimum absolute atomic E-state index is 0.0476. The van der Waals surface area contributed by atoms with Crippen molar-refractivity contribution in [3.63, 3.8) is 0 Å². The molecule has 0 amide bonds. The van der Waals surface area contributed by atoms with E-state index in [9.17, 15) is 0 Å². The fraction of sp³-hybridized carbons (Fsp3) is 0.278. The Morgan fingerprint density at radius 2 is 1.92 bits per heavy atom. The number of benzene rings is 2. The quantitative estimate of drug-likeness (QED) is 0.687. The number of anilines is 1. The van der Waals surface area contributed by atoms with Gasteiger partial charge in [0.1, 0.15) is 6.61 Å². The molecule has 0 heterocycles. The van der Waals surface area contributed by atoms with Crippen LogP contribution >= 0.6 is 28.1 Å². The number of hydrogen-bond donors (Lipinski definition) is 2. The van der Waals surface area contributed by atoms with Crippen LogP contribution in [0.15, 0.2) is 46.9 Å². The number of halogens is 1. The molecule has 0 fully saturated rings. The number of rotatable bonds is 6. The molecule has 4 nitrogen and oxygen atoms in total. The molecule has 1 atom stereocenters. The molecule has 0 saturated carbocycles. The summed E-state index contributed by atoms with van der Waals surface area (Å²) in [5.74, 6) is 1.44. The van der Waals surface area contributed by atoms with Gasteiger partial charge in [0.2, 0.25) is 0 Å². The highest BCUT2D eigenvalue weighted by atomic mass is 79.9. The normalized spacial score (nSPS) is 11.5. The molecule has 2 aromatic carbocycles. The van der Waals surface area contributed by atoms with E-state index in [1.54, 1.807) is 7.11 Å². The molecule has 0 unspecified atom stereocenters. The molecular formula is C18H21BrN2O2S. The SMILES string of the molecule is COc1ccccc1OC[C@@H](C)NC(=S)Nc1ccc(Br)c(C)c1. The van der Waals surface area contributed by atoms with E-state index in [-0.39, 0.29) is 6.04 Å². The van der Waals surface area contributed by atoms with Crippen LogP contribution in [-0.4, -0.2) is 24.9 Å². The van der Waals surface area contributed by atoms with Crippen molar-refractivity contribution in [2.75, 3.05) is 19.0 Å². The summed E-state index contributed by atoms with van der Waals surface area (Å²) in [5, 5.41) is 6.96. The average molecular weight is 409 g/mol. The van der Waals surface area contributed by atoms with Crippen LogP contribution < -0.4 is 20.1 Å². The minimum Gasteiger partial charge on any atom is -0.493 e. The fourth-order valence-electron chi connectivity index (χ4n) is 2.11. The van der Waals surface area contributed by atoms with E-state index >= 15 is 0 Å². The lowest BCUT2D eigenvalue weighted by Crippen LogP contribution is -2.39. The Morgan fingerprint density at radius 3 is 2.58 bits per heavy atom. The molecule has 2 N–H and O–H groups in total. The molecule has 2 rings (SSSR count). The standard InChI is InChI=1S/C18H21BrN2O2S/c1-12-10-14(8-9-15(12)19)21-18(24)20-13(2)11-23-17-7-5-4-6-16(17)22-3/h4-10,13H,11H2,1-3H3,(H2,20,21,24)/t13-/m1/s1. The first kappa shape index (κ1) is 18.5. The van der Waals surface area contributed by atoms with Gasteiger partial charge in [-0.15, -0.1) is 0 Å². The molecule has 128 valence electrons. The highest BCUT2D eigenvalue weighted by Crippen LogP contribution is 2.25. The Kier molecular flexibility index (Phi) is 6.87. The van der Waals surface area contributed by atoms with E-state index in [4.69, 9.17) is 21.7 Å².